The Balaban J connectivity index is 3.20. The van der Waals surface area contributed by atoms with Crippen molar-refractivity contribution >= 4 is 5.69 Å². The summed E-state index contributed by atoms with van der Waals surface area (Å²) in [6.07, 6.45) is -2.06. The van der Waals surface area contributed by atoms with Crippen LogP contribution in [0.25, 0.3) is 0 Å². The van der Waals surface area contributed by atoms with Gasteiger partial charge in [-0.2, -0.15) is 18.4 Å². The molecule has 20 heavy (non-hydrogen) atoms. The van der Waals surface area contributed by atoms with Gasteiger partial charge in [-0.25, -0.2) is 0 Å². The predicted octanol–water partition coefficient (Wildman–Crippen LogP) is 4.96. The summed E-state index contributed by atoms with van der Waals surface area (Å²) < 4.78 is 38.7. The minimum atomic E-state index is -4.52. The molecule has 0 bridgehead atoms. The number of nitrogens with zero attached hydrogens (tertiary/aromatic N) is 1. The van der Waals surface area contributed by atoms with E-state index in [0.717, 1.165) is 25.3 Å². The number of hydrogen-bond donors (Lipinski definition) is 1. The molecule has 0 spiro atoms. The molecule has 0 atom stereocenters. The third-order valence-electron chi connectivity index (χ3n) is 3.89. The highest BCUT2D eigenvalue weighted by Gasteiger charge is 2.34. The summed E-state index contributed by atoms with van der Waals surface area (Å²) in [5.74, 6) is 0. The van der Waals surface area contributed by atoms with Crippen molar-refractivity contribution in [1.29, 1.82) is 5.26 Å². The molecule has 0 saturated carbocycles. The summed E-state index contributed by atoms with van der Waals surface area (Å²) in [5.41, 5.74) is -1.04. The normalized spacial score (nSPS) is 12.1. The molecular weight excluding hydrogens is 265 g/mol. The van der Waals surface area contributed by atoms with Gasteiger partial charge in [0.15, 0.2) is 0 Å². The Bertz CT molecular complexity index is 489. The van der Waals surface area contributed by atoms with Gasteiger partial charge in [0.2, 0.25) is 0 Å². The van der Waals surface area contributed by atoms with E-state index < -0.39 is 11.7 Å². The summed E-state index contributed by atoms with van der Waals surface area (Å²) >= 11 is 0. The van der Waals surface area contributed by atoms with Crippen LogP contribution >= 0.6 is 0 Å². The van der Waals surface area contributed by atoms with E-state index in [1.807, 2.05) is 20.8 Å². The van der Waals surface area contributed by atoms with E-state index in [0.29, 0.717) is 5.69 Å². The van der Waals surface area contributed by atoms with Crippen LogP contribution in [0.4, 0.5) is 18.9 Å². The highest BCUT2D eigenvalue weighted by atomic mass is 19.4. The van der Waals surface area contributed by atoms with Gasteiger partial charge in [0.05, 0.1) is 17.2 Å². The second-order valence-corrected chi connectivity index (χ2v) is 4.84. The number of benzene rings is 1. The number of anilines is 1. The molecule has 0 aliphatic carbocycles. The summed E-state index contributed by atoms with van der Waals surface area (Å²) in [5, 5.41) is 12.0. The van der Waals surface area contributed by atoms with Gasteiger partial charge in [0.1, 0.15) is 0 Å². The minimum Gasteiger partial charge on any atom is -0.380 e. The maximum atomic E-state index is 12.9. The molecular formula is C15H19F3N2. The van der Waals surface area contributed by atoms with Gasteiger partial charge in [-0.1, -0.05) is 20.8 Å². The zero-order valence-electron chi connectivity index (χ0n) is 11.9. The standard InChI is InChI=1S/C15H19F3N2/c1-4-14(5-2,6-3)20-12-8-7-11(10-19)13(9-12)15(16,17)18/h7-9,20H,4-6H2,1-3H3. The van der Waals surface area contributed by atoms with Gasteiger partial charge in [-0.05, 0) is 37.5 Å². The highest BCUT2D eigenvalue weighted by molar-refractivity contribution is 5.54. The smallest absolute Gasteiger partial charge is 0.380 e. The quantitative estimate of drug-likeness (QED) is 0.829. The first-order valence-electron chi connectivity index (χ1n) is 6.71. The summed E-state index contributed by atoms with van der Waals surface area (Å²) in [6, 6.07) is 5.36. The molecule has 1 aromatic carbocycles. The van der Waals surface area contributed by atoms with Crippen LogP contribution < -0.4 is 5.32 Å². The molecule has 0 saturated heterocycles. The van der Waals surface area contributed by atoms with E-state index in [1.54, 1.807) is 6.07 Å². The van der Waals surface area contributed by atoms with Crippen molar-refractivity contribution in [2.45, 2.75) is 51.7 Å². The predicted molar refractivity (Wildman–Crippen MR) is 73.4 cm³/mol. The molecule has 0 aliphatic rings. The van der Waals surface area contributed by atoms with Crippen LogP contribution in [0.1, 0.15) is 51.2 Å². The Morgan fingerprint density at radius 1 is 1.10 bits per heavy atom. The maximum Gasteiger partial charge on any atom is 0.417 e. The first-order chi connectivity index (χ1) is 9.31. The third-order valence-corrected chi connectivity index (χ3v) is 3.89. The number of nitrogens with one attached hydrogen (secondary N) is 1. The minimum absolute atomic E-state index is 0.211. The zero-order chi connectivity index (χ0) is 15.4. The van der Waals surface area contributed by atoms with Gasteiger partial charge < -0.3 is 5.32 Å². The molecule has 0 aromatic heterocycles. The third kappa shape index (κ3) is 3.44. The van der Waals surface area contributed by atoms with E-state index >= 15 is 0 Å². The van der Waals surface area contributed by atoms with Gasteiger partial charge >= 0.3 is 6.18 Å². The molecule has 2 nitrogen and oxygen atoms in total. The number of rotatable bonds is 5. The first-order valence-corrected chi connectivity index (χ1v) is 6.71. The van der Waals surface area contributed by atoms with Gasteiger partial charge in [0, 0.05) is 11.2 Å². The molecule has 1 aromatic rings. The summed E-state index contributed by atoms with van der Waals surface area (Å²) in [7, 11) is 0. The Kier molecular flexibility index (Phi) is 5.04. The molecule has 1 N–H and O–H groups in total. The zero-order valence-corrected chi connectivity index (χ0v) is 11.9. The van der Waals surface area contributed by atoms with Crippen LogP contribution in [0.15, 0.2) is 18.2 Å². The van der Waals surface area contributed by atoms with Crippen LogP contribution in [0.5, 0.6) is 0 Å². The Morgan fingerprint density at radius 3 is 2.05 bits per heavy atom. The topological polar surface area (TPSA) is 35.8 Å². The van der Waals surface area contributed by atoms with Crippen LogP contribution in [-0.4, -0.2) is 5.54 Å². The Labute approximate surface area is 117 Å². The van der Waals surface area contributed by atoms with Crippen molar-refractivity contribution in [2.24, 2.45) is 0 Å². The Hall–Kier alpha value is -1.70. The van der Waals surface area contributed by atoms with Gasteiger partial charge in [0.25, 0.3) is 0 Å². The maximum absolute atomic E-state index is 12.9. The second kappa shape index (κ2) is 6.17. The van der Waals surface area contributed by atoms with Crippen molar-refractivity contribution in [3.05, 3.63) is 29.3 Å². The SMILES string of the molecule is CCC(CC)(CC)Nc1ccc(C#N)c(C(F)(F)F)c1. The van der Waals surface area contributed by atoms with Crippen LogP contribution in [0.2, 0.25) is 0 Å². The summed E-state index contributed by atoms with van der Waals surface area (Å²) in [4.78, 5) is 0. The fourth-order valence-electron chi connectivity index (χ4n) is 2.28. The van der Waals surface area contributed by atoms with E-state index in [2.05, 4.69) is 5.32 Å². The molecule has 0 heterocycles. The lowest BCUT2D eigenvalue weighted by Crippen LogP contribution is -2.36. The number of hydrogen-bond acceptors (Lipinski definition) is 2. The van der Waals surface area contributed by atoms with Gasteiger partial charge in [-0.15, -0.1) is 0 Å². The van der Waals surface area contributed by atoms with Crippen molar-refractivity contribution in [1.82, 2.24) is 0 Å². The second-order valence-electron chi connectivity index (χ2n) is 4.84. The lowest BCUT2D eigenvalue weighted by molar-refractivity contribution is -0.137. The fourth-order valence-corrected chi connectivity index (χ4v) is 2.28. The first kappa shape index (κ1) is 16.4. The van der Waals surface area contributed by atoms with Gasteiger partial charge in [-0.3, -0.25) is 0 Å². The molecule has 5 heteroatoms. The number of halogens is 3. The van der Waals surface area contributed by atoms with E-state index in [-0.39, 0.29) is 11.1 Å². The highest BCUT2D eigenvalue weighted by Crippen LogP contribution is 2.35. The van der Waals surface area contributed by atoms with Crippen molar-refractivity contribution in [3.8, 4) is 6.07 Å². The molecule has 0 amide bonds. The van der Waals surface area contributed by atoms with Crippen LogP contribution in [0.3, 0.4) is 0 Å². The molecule has 1 rings (SSSR count). The number of alkyl halides is 3. The van der Waals surface area contributed by atoms with E-state index in [1.165, 1.54) is 12.1 Å². The molecule has 0 aliphatic heterocycles. The monoisotopic (exact) mass is 284 g/mol. The molecule has 0 fully saturated rings. The number of nitriles is 1. The Morgan fingerprint density at radius 2 is 1.65 bits per heavy atom. The van der Waals surface area contributed by atoms with E-state index in [4.69, 9.17) is 5.26 Å². The fraction of sp³-hybridized carbons (Fsp3) is 0.533. The lowest BCUT2D eigenvalue weighted by Gasteiger charge is -2.33. The largest absolute Gasteiger partial charge is 0.417 e. The lowest BCUT2D eigenvalue weighted by atomic mass is 9.89. The van der Waals surface area contributed by atoms with Crippen molar-refractivity contribution < 1.29 is 13.2 Å². The summed E-state index contributed by atoms with van der Waals surface area (Å²) in [6.45, 7) is 6.02. The molecule has 0 radical (unpaired) electrons. The average molecular weight is 284 g/mol. The van der Waals surface area contributed by atoms with E-state index in [9.17, 15) is 13.2 Å². The average Bonchev–Trinajstić information content (AvgIpc) is 2.44. The van der Waals surface area contributed by atoms with Crippen LogP contribution in [-0.2, 0) is 6.18 Å². The van der Waals surface area contributed by atoms with Crippen molar-refractivity contribution in [3.63, 3.8) is 0 Å². The van der Waals surface area contributed by atoms with Crippen molar-refractivity contribution in [2.75, 3.05) is 5.32 Å². The molecule has 110 valence electrons. The molecule has 0 unspecified atom stereocenters. The van der Waals surface area contributed by atoms with Crippen LogP contribution in [0, 0.1) is 11.3 Å².